The van der Waals surface area contributed by atoms with Crippen LogP contribution < -0.4 is 5.32 Å². The summed E-state index contributed by atoms with van der Waals surface area (Å²) in [5.41, 5.74) is 0. The molecule has 0 aromatic carbocycles. The topological polar surface area (TPSA) is 25.2 Å². The Morgan fingerprint density at radius 1 is 1.58 bits per heavy atom. The molecule has 2 nitrogen and oxygen atoms in total. The molecule has 0 radical (unpaired) electrons. The van der Waals surface area contributed by atoms with E-state index >= 15 is 0 Å². The summed E-state index contributed by atoms with van der Waals surface area (Å²) in [6.45, 7) is 6.19. The standard InChI is InChI=1S/C9H14BrNO/c1-7(2)5-11-6-9-8(10)3-4-12-9/h3-4,7,11H,5-6H2,1-2H3. The van der Waals surface area contributed by atoms with Gasteiger partial charge in [0.2, 0.25) is 0 Å². The first kappa shape index (κ1) is 9.81. The summed E-state index contributed by atoms with van der Waals surface area (Å²) in [4.78, 5) is 0. The Hall–Kier alpha value is -0.280. The lowest BCUT2D eigenvalue weighted by atomic mass is 10.2. The van der Waals surface area contributed by atoms with Gasteiger partial charge in [-0.2, -0.15) is 0 Å². The highest BCUT2D eigenvalue weighted by atomic mass is 79.9. The predicted molar refractivity (Wildman–Crippen MR) is 53.0 cm³/mol. The van der Waals surface area contributed by atoms with Crippen LogP contribution in [0.25, 0.3) is 0 Å². The van der Waals surface area contributed by atoms with Crippen molar-refractivity contribution in [3.63, 3.8) is 0 Å². The number of rotatable bonds is 4. The molecule has 0 saturated heterocycles. The van der Waals surface area contributed by atoms with Gasteiger partial charge in [-0.15, -0.1) is 0 Å². The van der Waals surface area contributed by atoms with Crippen LogP contribution in [-0.4, -0.2) is 6.54 Å². The van der Waals surface area contributed by atoms with Crippen molar-refractivity contribution < 1.29 is 4.42 Å². The highest BCUT2D eigenvalue weighted by Crippen LogP contribution is 2.16. The summed E-state index contributed by atoms with van der Waals surface area (Å²) >= 11 is 3.40. The van der Waals surface area contributed by atoms with E-state index in [1.165, 1.54) is 0 Å². The minimum atomic E-state index is 0.679. The highest BCUT2D eigenvalue weighted by molar-refractivity contribution is 9.10. The van der Waals surface area contributed by atoms with E-state index in [2.05, 4.69) is 35.1 Å². The second kappa shape index (κ2) is 4.67. The molecule has 12 heavy (non-hydrogen) atoms. The number of halogens is 1. The van der Waals surface area contributed by atoms with Crippen LogP contribution in [0.3, 0.4) is 0 Å². The van der Waals surface area contributed by atoms with Crippen molar-refractivity contribution in [2.75, 3.05) is 6.54 Å². The molecule has 0 saturated carbocycles. The minimum Gasteiger partial charge on any atom is -0.467 e. The highest BCUT2D eigenvalue weighted by Gasteiger charge is 2.02. The van der Waals surface area contributed by atoms with Crippen LogP contribution in [0.1, 0.15) is 19.6 Å². The molecule has 0 fully saturated rings. The van der Waals surface area contributed by atoms with Gasteiger partial charge in [0.15, 0.2) is 0 Å². The maximum atomic E-state index is 5.24. The van der Waals surface area contributed by atoms with Crippen LogP contribution in [0.15, 0.2) is 21.2 Å². The maximum absolute atomic E-state index is 5.24. The van der Waals surface area contributed by atoms with Gasteiger partial charge in [-0.1, -0.05) is 13.8 Å². The molecule has 0 unspecified atom stereocenters. The van der Waals surface area contributed by atoms with E-state index in [1.807, 2.05) is 6.07 Å². The van der Waals surface area contributed by atoms with Gasteiger partial charge in [0, 0.05) is 0 Å². The van der Waals surface area contributed by atoms with Gasteiger partial charge in [-0.3, -0.25) is 0 Å². The average Bonchev–Trinajstić information content (AvgIpc) is 2.36. The van der Waals surface area contributed by atoms with Crippen LogP contribution in [0.2, 0.25) is 0 Å². The van der Waals surface area contributed by atoms with E-state index < -0.39 is 0 Å². The van der Waals surface area contributed by atoms with E-state index in [-0.39, 0.29) is 0 Å². The van der Waals surface area contributed by atoms with Crippen LogP contribution in [-0.2, 0) is 6.54 Å². The zero-order valence-corrected chi connectivity index (χ0v) is 9.02. The Balaban J connectivity index is 2.29. The Morgan fingerprint density at radius 3 is 2.83 bits per heavy atom. The molecule has 1 rings (SSSR count). The van der Waals surface area contributed by atoms with Crippen molar-refractivity contribution >= 4 is 15.9 Å². The van der Waals surface area contributed by atoms with Crippen LogP contribution in [0.5, 0.6) is 0 Å². The first-order chi connectivity index (χ1) is 5.70. The van der Waals surface area contributed by atoms with Gasteiger partial charge in [0.1, 0.15) is 5.76 Å². The fourth-order valence-corrected chi connectivity index (χ4v) is 1.27. The lowest BCUT2D eigenvalue weighted by Crippen LogP contribution is -2.18. The van der Waals surface area contributed by atoms with E-state index in [0.717, 1.165) is 23.3 Å². The van der Waals surface area contributed by atoms with Crippen molar-refractivity contribution in [1.82, 2.24) is 5.32 Å². The molecule has 1 aromatic rings. The molecule has 0 aliphatic rings. The van der Waals surface area contributed by atoms with Crippen molar-refractivity contribution in [3.05, 3.63) is 22.6 Å². The van der Waals surface area contributed by atoms with Gasteiger partial charge in [0.05, 0.1) is 17.3 Å². The molecule has 0 aliphatic heterocycles. The van der Waals surface area contributed by atoms with Crippen molar-refractivity contribution in [2.45, 2.75) is 20.4 Å². The summed E-state index contributed by atoms with van der Waals surface area (Å²) in [5, 5.41) is 3.30. The molecular weight excluding hydrogens is 218 g/mol. The summed E-state index contributed by atoms with van der Waals surface area (Å²) in [7, 11) is 0. The second-order valence-electron chi connectivity index (χ2n) is 3.22. The fourth-order valence-electron chi connectivity index (χ4n) is 0.926. The normalized spacial score (nSPS) is 11.0. The SMILES string of the molecule is CC(C)CNCc1occc1Br. The molecule has 1 N–H and O–H groups in total. The Kier molecular flexibility index (Phi) is 3.82. The minimum absolute atomic E-state index is 0.679. The van der Waals surface area contributed by atoms with Crippen molar-refractivity contribution in [3.8, 4) is 0 Å². The van der Waals surface area contributed by atoms with Gasteiger partial charge in [-0.05, 0) is 34.5 Å². The predicted octanol–water partition coefficient (Wildman–Crippen LogP) is 2.79. The van der Waals surface area contributed by atoms with Gasteiger partial charge in [0.25, 0.3) is 0 Å². The first-order valence-corrected chi connectivity index (χ1v) is 4.92. The fraction of sp³-hybridized carbons (Fsp3) is 0.556. The van der Waals surface area contributed by atoms with E-state index in [1.54, 1.807) is 6.26 Å². The monoisotopic (exact) mass is 231 g/mol. The molecule has 0 aliphatic carbocycles. The molecular formula is C9H14BrNO. The Bertz CT molecular complexity index is 232. The molecule has 0 amide bonds. The average molecular weight is 232 g/mol. The third-order valence-corrected chi connectivity index (χ3v) is 2.24. The third kappa shape index (κ3) is 2.99. The molecule has 1 aromatic heterocycles. The largest absolute Gasteiger partial charge is 0.467 e. The number of furan rings is 1. The van der Waals surface area contributed by atoms with Gasteiger partial charge in [-0.25, -0.2) is 0 Å². The Morgan fingerprint density at radius 2 is 2.33 bits per heavy atom. The third-order valence-electron chi connectivity index (χ3n) is 1.53. The molecule has 0 atom stereocenters. The van der Waals surface area contributed by atoms with E-state index in [4.69, 9.17) is 4.42 Å². The number of hydrogen-bond acceptors (Lipinski definition) is 2. The van der Waals surface area contributed by atoms with Crippen LogP contribution in [0, 0.1) is 5.92 Å². The van der Waals surface area contributed by atoms with Crippen molar-refractivity contribution in [1.29, 1.82) is 0 Å². The Labute approximate surface area is 81.5 Å². The summed E-state index contributed by atoms with van der Waals surface area (Å²) in [6.07, 6.45) is 1.69. The number of hydrogen-bond donors (Lipinski definition) is 1. The maximum Gasteiger partial charge on any atom is 0.131 e. The van der Waals surface area contributed by atoms with E-state index in [9.17, 15) is 0 Å². The lowest BCUT2D eigenvalue weighted by Gasteiger charge is -2.05. The van der Waals surface area contributed by atoms with Crippen LogP contribution in [0.4, 0.5) is 0 Å². The molecule has 0 bridgehead atoms. The van der Waals surface area contributed by atoms with Gasteiger partial charge >= 0.3 is 0 Å². The van der Waals surface area contributed by atoms with Gasteiger partial charge < -0.3 is 9.73 Å². The summed E-state index contributed by atoms with van der Waals surface area (Å²) in [6, 6.07) is 1.91. The molecule has 0 spiro atoms. The lowest BCUT2D eigenvalue weighted by molar-refractivity contribution is 0.462. The van der Waals surface area contributed by atoms with Crippen LogP contribution >= 0.6 is 15.9 Å². The molecule has 3 heteroatoms. The molecule has 68 valence electrons. The summed E-state index contributed by atoms with van der Waals surface area (Å²) < 4.78 is 6.28. The number of nitrogens with one attached hydrogen (secondary N) is 1. The van der Waals surface area contributed by atoms with Crippen molar-refractivity contribution in [2.24, 2.45) is 5.92 Å². The zero-order valence-electron chi connectivity index (χ0n) is 7.43. The second-order valence-corrected chi connectivity index (χ2v) is 4.07. The first-order valence-electron chi connectivity index (χ1n) is 4.12. The van der Waals surface area contributed by atoms with E-state index in [0.29, 0.717) is 5.92 Å². The zero-order chi connectivity index (χ0) is 8.97. The molecule has 1 heterocycles. The summed E-state index contributed by atoms with van der Waals surface area (Å²) in [5.74, 6) is 1.65. The quantitative estimate of drug-likeness (QED) is 0.863. The smallest absolute Gasteiger partial charge is 0.131 e.